The van der Waals surface area contributed by atoms with E-state index in [9.17, 15) is 22.4 Å². The van der Waals surface area contributed by atoms with Crippen molar-refractivity contribution < 1.29 is 27.1 Å². The van der Waals surface area contributed by atoms with E-state index in [4.69, 9.17) is 4.74 Å². The minimum absolute atomic E-state index is 0.0604. The Morgan fingerprint density at radius 2 is 1.52 bits per heavy atom. The molecule has 226 valence electrons. The molecule has 0 bridgehead atoms. The average Bonchev–Trinajstić information content (AvgIpc) is 2.97. The summed E-state index contributed by atoms with van der Waals surface area (Å²) in [7, 11) is -4.27. The first-order valence-corrected chi connectivity index (χ1v) is 15.6. The Morgan fingerprint density at radius 3 is 2.07 bits per heavy atom. The molecule has 2 atom stereocenters. The van der Waals surface area contributed by atoms with Crippen LogP contribution in [0.1, 0.15) is 51.7 Å². The highest BCUT2D eigenvalue weighted by Gasteiger charge is 2.34. The predicted molar refractivity (Wildman–Crippen MR) is 162 cm³/mol. The summed E-state index contributed by atoms with van der Waals surface area (Å²) in [6, 6.07) is 17.4. The number of halogens is 1. The van der Waals surface area contributed by atoms with E-state index in [2.05, 4.69) is 5.32 Å². The Hall–Kier alpha value is -3.92. The highest BCUT2D eigenvalue weighted by atomic mass is 32.2. The SMILES string of the molecule is CCOc1ccc(S(=O)(=O)N(CC(=O)N(Cc2ccc(C)cc2)[C@@H](CC)C(=O)N[C@@H](C)CC)c2ccc(F)cc2)cc1. The van der Waals surface area contributed by atoms with Gasteiger partial charge in [-0.1, -0.05) is 43.7 Å². The Labute approximate surface area is 248 Å². The van der Waals surface area contributed by atoms with Gasteiger partial charge >= 0.3 is 0 Å². The highest BCUT2D eigenvalue weighted by Crippen LogP contribution is 2.26. The van der Waals surface area contributed by atoms with E-state index in [-0.39, 0.29) is 29.1 Å². The first-order chi connectivity index (χ1) is 20.0. The Morgan fingerprint density at radius 1 is 0.905 bits per heavy atom. The molecule has 1 N–H and O–H groups in total. The molecular formula is C32H40FN3O5S. The molecule has 0 saturated heterocycles. The molecule has 3 aromatic carbocycles. The van der Waals surface area contributed by atoms with Gasteiger partial charge in [0.25, 0.3) is 10.0 Å². The summed E-state index contributed by atoms with van der Waals surface area (Å²) in [4.78, 5) is 28.8. The van der Waals surface area contributed by atoms with Crippen LogP contribution in [0.25, 0.3) is 0 Å². The van der Waals surface area contributed by atoms with E-state index < -0.39 is 34.3 Å². The van der Waals surface area contributed by atoms with Gasteiger partial charge in [-0.05, 0) is 87.7 Å². The van der Waals surface area contributed by atoms with Crippen molar-refractivity contribution in [3.05, 3.63) is 89.7 Å². The van der Waals surface area contributed by atoms with Crippen LogP contribution in [0.4, 0.5) is 10.1 Å². The van der Waals surface area contributed by atoms with Crippen LogP contribution in [0.5, 0.6) is 5.75 Å². The molecule has 0 aliphatic heterocycles. The van der Waals surface area contributed by atoms with E-state index in [0.29, 0.717) is 25.2 Å². The van der Waals surface area contributed by atoms with E-state index >= 15 is 0 Å². The van der Waals surface area contributed by atoms with Gasteiger partial charge < -0.3 is 15.0 Å². The van der Waals surface area contributed by atoms with Crippen LogP contribution in [0.15, 0.2) is 77.7 Å². The smallest absolute Gasteiger partial charge is 0.264 e. The lowest BCUT2D eigenvalue weighted by atomic mass is 10.1. The molecule has 0 spiro atoms. The average molecular weight is 598 g/mol. The van der Waals surface area contributed by atoms with Gasteiger partial charge in [0.1, 0.15) is 24.2 Å². The first kappa shape index (κ1) is 32.6. The summed E-state index contributed by atoms with van der Waals surface area (Å²) in [6.45, 7) is 9.35. The fraction of sp³-hybridized carbons (Fsp3) is 0.375. The second-order valence-electron chi connectivity index (χ2n) is 10.1. The van der Waals surface area contributed by atoms with Gasteiger partial charge in [0.2, 0.25) is 11.8 Å². The van der Waals surface area contributed by atoms with Gasteiger partial charge in [-0.25, -0.2) is 12.8 Å². The van der Waals surface area contributed by atoms with E-state index in [1.54, 1.807) is 0 Å². The van der Waals surface area contributed by atoms with Crippen molar-refractivity contribution in [2.75, 3.05) is 17.5 Å². The Kier molecular flexibility index (Phi) is 11.5. The van der Waals surface area contributed by atoms with Crippen molar-refractivity contribution in [2.24, 2.45) is 0 Å². The molecule has 8 nitrogen and oxygen atoms in total. The van der Waals surface area contributed by atoms with Crippen molar-refractivity contribution in [3.8, 4) is 5.75 Å². The number of carbonyl (C=O) groups excluding carboxylic acids is 2. The molecule has 0 heterocycles. The molecule has 10 heteroatoms. The number of amides is 2. The number of nitrogens with one attached hydrogen (secondary N) is 1. The fourth-order valence-electron chi connectivity index (χ4n) is 4.39. The third-order valence-electron chi connectivity index (χ3n) is 6.98. The zero-order valence-corrected chi connectivity index (χ0v) is 25.7. The van der Waals surface area contributed by atoms with Gasteiger partial charge in [-0.2, -0.15) is 0 Å². The number of hydrogen-bond acceptors (Lipinski definition) is 5. The number of hydrogen-bond donors (Lipinski definition) is 1. The molecular weight excluding hydrogens is 557 g/mol. The van der Waals surface area contributed by atoms with Gasteiger partial charge in [-0.15, -0.1) is 0 Å². The largest absolute Gasteiger partial charge is 0.494 e. The zero-order chi connectivity index (χ0) is 30.9. The first-order valence-electron chi connectivity index (χ1n) is 14.2. The van der Waals surface area contributed by atoms with Crippen LogP contribution in [0, 0.1) is 12.7 Å². The fourth-order valence-corrected chi connectivity index (χ4v) is 5.80. The standard InChI is InChI=1S/C32H40FN3O5S/c1-6-24(5)34-32(38)30(7-2)35(21-25-11-9-23(4)10-12-25)31(37)22-36(27-15-13-26(33)14-16-27)42(39,40)29-19-17-28(18-20-29)41-8-3/h9-20,24,30H,6-8,21-22H2,1-5H3,(H,34,38)/t24-,30-/m0/s1. The summed E-state index contributed by atoms with van der Waals surface area (Å²) in [5, 5.41) is 2.96. The van der Waals surface area contributed by atoms with E-state index in [0.717, 1.165) is 27.6 Å². The summed E-state index contributed by atoms with van der Waals surface area (Å²) < 4.78 is 48.1. The highest BCUT2D eigenvalue weighted by molar-refractivity contribution is 7.92. The zero-order valence-electron chi connectivity index (χ0n) is 24.8. The number of carbonyl (C=O) groups is 2. The van der Waals surface area contributed by atoms with Crippen molar-refractivity contribution in [2.45, 2.75) is 71.0 Å². The summed E-state index contributed by atoms with van der Waals surface area (Å²) in [6.07, 6.45) is 1.04. The summed E-state index contributed by atoms with van der Waals surface area (Å²) in [5.74, 6) is -0.920. The normalized spacial score (nSPS) is 12.7. The molecule has 2 amide bonds. The van der Waals surface area contributed by atoms with Crippen molar-refractivity contribution in [1.82, 2.24) is 10.2 Å². The molecule has 0 unspecified atom stereocenters. The lowest BCUT2D eigenvalue weighted by molar-refractivity contribution is -0.140. The lowest BCUT2D eigenvalue weighted by Crippen LogP contribution is -2.53. The molecule has 0 aliphatic rings. The van der Waals surface area contributed by atoms with Crippen LogP contribution in [-0.4, -0.2) is 50.4 Å². The lowest BCUT2D eigenvalue weighted by Gasteiger charge is -2.33. The topological polar surface area (TPSA) is 96.0 Å². The second kappa shape index (κ2) is 14.8. The predicted octanol–water partition coefficient (Wildman–Crippen LogP) is 5.45. The maximum absolute atomic E-state index is 14.1. The van der Waals surface area contributed by atoms with Crippen molar-refractivity contribution in [1.29, 1.82) is 0 Å². The molecule has 0 aliphatic carbocycles. The van der Waals surface area contributed by atoms with Crippen molar-refractivity contribution >= 4 is 27.5 Å². The van der Waals surface area contributed by atoms with E-state index in [1.807, 2.05) is 58.9 Å². The number of aryl methyl sites for hydroxylation is 1. The second-order valence-corrected chi connectivity index (χ2v) is 12.0. The van der Waals surface area contributed by atoms with Crippen LogP contribution in [0.3, 0.4) is 0 Å². The number of ether oxygens (including phenoxy) is 1. The number of anilines is 1. The van der Waals surface area contributed by atoms with Gasteiger partial charge in [0, 0.05) is 12.6 Å². The summed E-state index contributed by atoms with van der Waals surface area (Å²) in [5.41, 5.74) is 1.96. The number of rotatable bonds is 14. The van der Waals surface area contributed by atoms with Crippen molar-refractivity contribution in [3.63, 3.8) is 0 Å². The summed E-state index contributed by atoms with van der Waals surface area (Å²) >= 11 is 0. The maximum Gasteiger partial charge on any atom is 0.264 e. The molecule has 0 aromatic heterocycles. The molecule has 3 rings (SSSR count). The molecule has 0 fully saturated rings. The van der Waals surface area contributed by atoms with Gasteiger partial charge in [0.15, 0.2) is 0 Å². The number of benzene rings is 3. The number of sulfonamides is 1. The molecule has 3 aromatic rings. The Balaban J connectivity index is 2.04. The minimum Gasteiger partial charge on any atom is -0.494 e. The van der Waals surface area contributed by atoms with E-state index in [1.165, 1.54) is 41.3 Å². The number of nitrogens with zero attached hydrogens (tertiary/aromatic N) is 2. The Bertz CT molecular complexity index is 1430. The maximum atomic E-state index is 14.1. The van der Waals surface area contributed by atoms with Crippen LogP contribution < -0.4 is 14.4 Å². The third kappa shape index (κ3) is 8.31. The van der Waals surface area contributed by atoms with Crippen LogP contribution >= 0.6 is 0 Å². The third-order valence-corrected chi connectivity index (χ3v) is 8.76. The van der Waals surface area contributed by atoms with Crippen LogP contribution in [-0.2, 0) is 26.2 Å². The van der Waals surface area contributed by atoms with Crippen LogP contribution in [0.2, 0.25) is 0 Å². The van der Waals surface area contributed by atoms with Gasteiger partial charge in [0.05, 0.1) is 17.2 Å². The molecule has 0 radical (unpaired) electrons. The molecule has 42 heavy (non-hydrogen) atoms. The monoisotopic (exact) mass is 597 g/mol. The van der Waals surface area contributed by atoms with Gasteiger partial charge in [-0.3, -0.25) is 13.9 Å². The molecule has 0 saturated carbocycles. The minimum atomic E-state index is -4.27. The quantitative estimate of drug-likeness (QED) is 0.267.